The van der Waals surface area contributed by atoms with Gasteiger partial charge in [-0.15, -0.1) is 0 Å². The minimum absolute atomic E-state index is 0.405. The number of carboxylic acids is 1. The van der Waals surface area contributed by atoms with Crippen LogP contribution in [-0.4, -0.2) is 29.7 Å². The quantitative estimate of drug-likeness (QED) is 0.118. The number of aryl methyl sites for hydroxylation is 1. The molecule has 1 unspecified atom stereocenters. The fourth-order valence-corrected chi connectivity index (χ4v) is 5.84. The van der Waals surface area contributed by atoms with Gasteiger partial charge >= 0.3 is 5.97 Å². The molecule has 2 aromatic carbocycles. The molecule has 1 aliphatic rings. The van der Waals surface area contributed by atoms with Crippen molar-refractivity contribution >= 4 is 17.3 Å². The molecule has 1 saturated carbocycles. The van der Waals surface area contributed by atoms with Gasteiger partial charge < -0.3 is 26.9 Å². The van der Waals surface area contributed by atoms with E-state index in [1.165, 1.54) is 38.5 Å². The average molecular weight is 522 g/mol. The van der Waals surface area contributed by atoms with E-state index in [0.717, 1.165) is 45.7 Å². The Hall–Kier alpha value is -3.19. The summed E-state index contributed by atoms with van der Waals surface area (Å²) in [6.07, 6.45) is 9.76. The van der Waals surface area contributed by atoms with Crippen molar-refractivity contribution < 1.29 is 9.90 Å². The van der Waals surface area contributed by atoms with Crippen molar-refractivity contribution in [3.05, 3.63) is 70.0 Å². The first-order valence-corrected chi connectivity index (χ1v) is 13.8. The minimum atomic E-state index is -1.07. The number of hydrazine groups is 1. The largest absolute Gasteiger partial charge is 0.481 e. The normalized spacial score (nSPS) is 16.1. The van der Waals surface area contributed by atoms with Gasteiger partial charge in [-0.25, -0.2) is 5.84 Å². The molecule has 7 heteroatoms. The Labute approximate surface area is 228 Å². The molecule has 0 saturated heterocycles. The fourth-order valence-electron chi connectivity index (χ4n) is 5.84. The number of rotatable bonds is 10. The predicted octanol–water partition coefficient (Wildman–Crippen LogP) is 5.66. The van der Waals surface area contributed by atoms with E-state index in [0.29, 0.717) is 18.0 Å². The van der Waals surface area contributed by atoms with Crippen LogP contribution in [0.2, 0.25) is 0 Å². The van der Waals surface area contributed by atoms with Crippen LogP contribution in [0, 0.1) is 25.2 Å². The van der Waals surface area contributed by atoms with E-state index in [9.17, 15) is 9.90 Å². The predicted molar refractivity (Wildman–Crippen MR) is 158 cm³/mol. The Morgan fingerprint density at radius 1 is 1.16 bits per heavy atom. The number of carboxylic acid groups (broad SMARTS) is 1. The third kappa shape index (κ3) is 6.44. The second-order valence-corrected chi connectivity index (χ2v) is 11.5. The lowest BCUT2D eigenvalue weighted by Gasteiger charge is -2.34. The van der Waals surface area contributed by atoms with Crippen LogP contribution in [0.5, 0.6) is 0 Å². The SMILES string of the molecule is CNc1ccc(C(c2ccc(C)c(C/C(=C/N)N(N)CC3CCCCCC3)c2)C(C)(C)C(=O)O)c(C)c1N. The molecule has 7 nitrogen and oxygen atoms in total. The molecule has 0 aromatic heterocycles. The van der Waals surface area contributed by atoms with Crippen LogP contribution in [-0.2, 0) is 11.2 Å². The highest BCUT2D eigenvalue weighted by atomic mass is 16.4. The van der Waals surface area contributed by atoms with Gasteiger partial charge in [-0.1, -0.05) is 49.9 Å². The second kappa shape index (κ2) is 12.6. The molecule has 38 heavy (non-hydrogen) atoms. The van der Waals surface area contributed by atoms with Crippen molar-refractivity contribution in [2.75, 3.05) is 24.6 Å². The number of nitrogens with two attached hydrogens (primary N) is 3. The van der Waals surface area contributed by atoms with E-state index in [1.807, 2.05) is 37.2 Å². The number of nitrogens with one attached hydrogen (secondary N) is 1. The van der Waals surface area contributed by atoms with Gasteiger partial charge in [0.05, 0.1) is 16.8 Å². The molecule has 208 valence electrons. The Morgan fingerprint density at radius 2 is 1.82 bits per heavy atom. The monoisotopic (exact) mass is 521 g/mol. The molecule has 0 radical (unpaired) electrons. The summed E-state index contributed by atoms with van der Waals surface area (Å²) in [6, 6.07) is 10.1. The maximum absolute atomic E-state index is 12.5. The lowest BCUT2D eigenvalue weighted by atomic mass is 9.69. The number of carbonyl (C=O) groups is 1. The average Bonchev–Trinajstić information content (AvgIpc) is 3.15. The van der Waals surface area contributed by atoms with Crippen molar-refractivity contribution in [2.45, 2.75) is 78.6 Å². The van der Waals surface area contributed by atoms with Crippen LogP contribution >= 0.6 is 0 Å². The number of hydrogen-bond acceptors (Lipinski definition) is 6. The number of hydrogen-bond donors (Lipinski definition) is 5. The van der Waals surface area contributed by atoms with Gasteiger partial charge in [-0.05, 0) is 80.3 Å². The molecule has 0 amide bonds. The number of aliphatic carboxylic acids is 1. The Balaban J connectivity index is 1.98. The van der Waals surface area contributed by atoms with Crippen LogP contribution in [0.4, 0.5) is 11.4 Å². The lowest BCUT2D eigenvalue weighted by Crippen LogP contribution is -2.36. The van der Waals surface area contributed by atoms with Crippen LogP contribution in [0.1, 0.15) is 86.1 Å². The van der Waals surface area contributed by atoms with Gasteiger partial charge in [0.25, 0.3) is 0 Å². The Bertz CT molecular complexity index is 1150. The maximum Gasteiger partial charge on any atom is 0.310 e. The van der Waals surface area contributed by atoms with Crippen molar-refractivity contribution in [3.8, 4) is 0 Å². The first-order valence-electron chi connectivity index (χ1n) is 13.8. The second-order valence-electron chi connectivity index (χ2n) is 11.5. The van der Waals surface area contributed by atoms with Crippen molar-refractivity contribution in [2.24, 2.45) is 22.9 Å². The Kier molecular flexibility index (Phi) is 9.71. The highest BCUT2D eigenvalue weighted by Crippen LogP contribution is 2.45. The highest BCUT2D eigenvalue weighted by molar-refractivity contribution is 5.78. The number of nitrogens with zero attached hydrogens (tertiary/aromatic N) is 1. The Morgan fingerprint density at radius 3 is 2.39 bits per heavy atom. The van der Waals surface area contributed by atoms with E-state index >= 15 is 0 Å². The molecule has 2 aromatic rings. The van der Waals surface area contributed by atoms with Gasteiger partial charge in [0.2, 0.25) is 0 Å². The summed E-state index contributed by atoms with van der Waals surface area (Å²) in [5.41, 5.74) is 18.7. The first-order chi connectivity index (χ1) is 18.0. The number of anilines is 2. The summed E-state index contributed by atoms with van der Waals surface area (Å²) in [5, 5.41) is 15.2. The summed E-state index contributed by atoms with van der Waals surface area (Å²) in [6.45, 7) is 8.39. The third-order valence-electron chi connectivity index (χ3n) is 8.48. The van der Waals surface area contributed by atoms with E-state index in [4.69, 9.17) is 17.3 Å². The van der Waals surface area contributed by atoms with E-state index < -0.39 is 17.3 Å². The number of nitrogen functional groups attached to an aromatic ring is 1. The van der Waals surface area contributed by atoms with Gasteiger partial charge in [0.15, 0.2) is 0 Å². The molecule has 0 spiro atoms. The maximum atomic E-state index is 12.5. The van der Waals surface area contributed by atoms with Crippen LogP contribution in [0.25, 0.3) is 0 Å². The number of allylic oxidation sites excluding steroid dienone is 1. The minimum Gasteiger partial charge on any atom is -0.481 e. The molecular formula is C31H47N5O2. The molecule has 1 fully saturated rings. The van der Waals surface area contributed by atoms with Crippen LogP contribution in [0.15, 0.2) is 42.2 Å². The van der Waals surface area contributed by atoms with E-state index in [-0.39, 0.29) is 0 Å². The first kappa shape index (κ1) is 29.4. The van der Waals surface area contributed by atoms with Crippen LogP contribution < -0.4 is 22.6 Å². The standard InChI is InChI=1S/C31H47N5O2/c1-20-12-13-23(16-24(20)17-25(18-32)36(34)19-22-10-8-6-7-9-11-22)28(31(3,4)30(37)38)26-14-15-27(35-5)29(33)21(26)2/h12-16,18,22,28,35H,6-11,17,19,32-34H2,1-5H3,(H,37,38)/b25-18-. The molecule has 0 heterocycles. The third-order valence-corrected chi connectivity index (χ3v) is 8.48. The van der Waals surface area contributed by atoms with Gasteiger partial charge in [-0.2, -0.15) is 0 Å². The van der Waals surface area contributed by atoms with Crippen molar-refractivity contribution in [1.29, 1.82) is 0 Å². The van der Waals surface area contributed by atoms with Gasteiger partial charge in [0, 0.05) is 37.8 Å². The van der Waals surface area contributed by atoms with E-state index in [1.54, 1.807) is 20.0 Å². The summed E-state index contributed by atoms with van der Waals surface area (Å²) in [5.74, 6) is 5.87. The van der Waals surface area contributed by atoms with Gasteiger partial charge in [-0.3, -0.25) is 4.79 Å². The molecular weight excluding hydrogens is 474 g/mol. The molecule has 1 aliphatic carbocycles. The summed E-state index contributed by atoms with van der Waals surface area (Å²) in [7, 11) is 1.83. The molecule has 8 N–H and O–H groups in total. The van der Waals surface area contributed by atoms with Crippen LogP contribution in [0.3, 0.4) is 0 Å². The van der Waals surface area contributed by atoms with Crippen molar-refractivity contribution in [1.82, 2.24) is 5.01 Å². The summed E-state index contributed by atoms with van der Waals surface area (Å²) in [4.78, 5) is 12.5. The van der Waals surface area contributed by atoms with Gasteiger partial charge in [0.1, 0.15) is 0 Å². The molecule has 0 aliphatic heterocycles. The zero-order valence-corrected chi connectivity index (χ0v) is 23.8. The summed E-state index contributed by atoms with van der Waals surface area (Å²) >= 11 is 0. The van der Waals surface area contributed by atoms with Crippen molar-refractivity contribution in [3.63, 3.8) is 0 Å². The summed E-state index contributed by atoms with van der Waals surface area (Å²) < 4.78 is 0. The highest BCUT2D eigenvalue weighted by Gasteiger charge is 2.40. The smallest absolute Gasteiger partial charge is 0.310 e. The zero-order valence-electron chi connectivity index (χ0n) is 23.8. The topological polar surface area (TPSA) is 131 Å². The number of benzene rings is 2. The zero-order chi connectivity index (χ0) is 28.0. The molecule has 0 bridgehead atoms. The lowest BCUT2D eigenvalue weighted by molar-refractivity contribution is -0.147. The fraction of sp³-hybridized carbons (Fsp3) is 0.516. The molecule has 1 atom stereocenters. The molecule has 3 rings (SSSR count). The van der Waals surface area contributed by atoms with E-state index in [2.05, 4.69) is 24.4 Å².